The van der Waals surface area contributed by atoms with Crippen LogP contribution in [0.3, 0.4) is 0 Å². The molecule has 41 heavy (non-hydrogen) atoms. The Hall–Kier alpha value is -4.15. The molecule has 0 saturated carbocycles. The zero-order valence-corrected chi connectivity index (χ0v) is 23.0. The van der Waals surface area contributed by atoms with Crippen LogP contribution in [0.15, 0.2) is 36.9 Å². The number of aromatic nitrogens is 5. The number of hydrogen-bond donors (Lipinski definition) is 3. The number of benzene rings is 1. The molecule has 4 aromatic heterocycles. The lowest BCUT2D eigenvalue weighted by Gasteiger charge is -2.33. The number of nitrogens with zero attached hydrogens (tertiary/aromatic N) is 6. The minimum atomic E-state index is -4.27. The van der Waals surface area contributed by atoms with Gasteiger partial charge in [-0.25, -0.2) is 9.97 Å². The van der Waals surface area contributed by atoms with Crippen LogP contribution >= 0.6 is 11.3 Å². The zero-order valence-electron chi connectivity index (χ0n) is 22.2. The van der Waals surface area contributed by atoms with Crippen LogP contribution in [0.2, 0.25) is 0 Å². The van der Waals surface area contributed by atoms with Gasteiger partial charge in [-0.1, -0.05) is 0 Å². The molecular weight excluding hydrogens is 553 g/mol. The summed E-state index contributed by atoms with van der Waals surface area (Å²) in [6.45, 7) is 4.56. The molecule has 5 aromatic rings. The Morgan fingerprint density at radius 2 is 1.98 bits per heavy atom. The van der Waals surface area contributed by atoms with E-state index >= 15 is 0 Å². The predicted molar refractivity (Wildman–Crippen MR) is 150 cm³/mol. The zero-order chi connectivity index (χ0) is 28.7. The molecule has 6 rings (SSSR count). The van der Waals surface area contributed by atoms with Gasteiger partial charge in [0.05, 0.1) is 30.1 Å². The van der Waals surface area contributed by atoms with Gasteiger partial charge in [0, 0.05) is 59.3 Å². The molecule has 212 valence electrons. The number of halogens is 3. The lowest BCUT2D eigenvalue weighted by atomic mass is 10.00. The number of phenols is 1. The maximum atomic E-state index is 12.9. The Morgan fingerprint density at radius 3 is 2.68 bits per heavy atom. The molecule has 1 aliphatic rings. The van der Waals surface area contributed by atoms with Crippen LogP contribution in [0.25, 0.3) is 21.1 Å². The van der Waals surface area contributed by atoms with E-state index in [0.29, 0.717) is 34.8 Å². The number of fused-ring (bicyclic) bond motifs is 2. The second kappa shape index (κ2) is 10.7. The van der Waals surface area contributed by atoms with E-state index in [-0.39, 0.29) is 16.7 Å². The van der Waals surface area contributed by atoms with Crippen molar-refractivity contribution in [1.82, 2.24) is 29.6 Å². The van der Waals surface area contributed by atoms with E-state index in [1.807, 2.05) is 17.6 Å². The van der Waals surface area contributed by atoms with Crippen molar-refractivity contribution in [2.45, 2.75) is 51.5 Å². The number of nitriles is 1. The van der Waals surface area contributed by atoms with Gasteiger partial charge in [-0.2, -0.15) is 23.5 Å². The van der Waals surface area contributed by atoms with Crippen LogP contribution in [-0.2, 0) is 19.5 Å². The topological polar surface area (TPSA) is 119 Å². The molecule has 1 saturated heterocycles. The molecule has 1 aromatic carbocycles. The highest BCUT2D eigenvalue weighted by Crippen LogP contribution is 2.35. The van der Waals surface area contributed by atoms with Crippen molar-refractivity contribution in [3.05, 3.63) is 64.2 Å². The second-order valence-corrected chi connectivity index (χ2v) is 11.5. The van der Waals surface area contributed by atoms with Crippen LogP contribution in [0, 0.1) is 18.3 Å². The molecule has 0 spiro atoms. The van der Waals surface area contributed by atoms with E-state index in [1.165, 1.54) is 12.4 Å². The number of thiophene rings is 1. The van der Waals surface area contributed by atoms with Gasteiger partial charge in [0.25, 0.3) is 0 Å². The number of H-pyrrole nitrogens is 1. The van der Waals surface area contributed by atoms with E-state index in [4.69, 9.17) is 0 Å². The third kappa shape index (κ3) is 5.57. The molecule has 0 bridgehead atoms. The SMILES string of the molecule is Cc1c(CN2CCC(Nc3ncnc4sc(CC(F)(F)F)cc34)CC2)c(O)cc2c1cc(C#N)n2Cc1cn[nH]c1. The van der Waals surface area contributed by atoms with Crippen molar-refractivity contribution >= 4 is 38.3 Å². The summed E-state index contributed by atoms with van der Waals surface area (Å²) in [5.41, 5.74) is 4.02. The number of piperidine rings is 1. The minimum absolute atomic E-state index is 0.114. The number of likely N-dealkylation sites (tertiary alicyclic amines) is 1. The number of aryl methyl sites for hydroxylation is 1. The van der Waals surface area contributed by atoms with Gasteiger partial charge in [-0.15, -0.1) is 11.3 Å². The fourth-order valence-electron chi connectivity index (χ4n) is 5.56. The minimum Gasteiger partial charge on any atom is -0.508 e. The number of hydrogen-bond acceptors (Lipinski definition) is 8. The van der Waals surface area contributed by atoms with Crippen molar-refractivity contribution < 1.29 is 18.3 Å². The summed E-state index contributed by atoms with van der Waals surface area (Å²) in [4.78, 5) is 11.5. The molecular formula is C28H27F3N8OS. The summed E-state index contributed by atoms with van der Waals surface area (Å²) in [6.07, 6.45) is 1.26. The molecule has 0 amide bonds. The van der Waals surface area contributed by atoms with Crippen LogP contribution in [0.1, 0.15) is 40.1 Å². The summed E-state index contributed by atoms with van der Waals surface area (Å²) >= 11 is 1.04. The maximum Gasteiger partial charge on any atom is 0.393 e. The van der Waals surface area contributed by atoms with Crippen LogP contribution < -0.4 is 5.32 Å². The number of nitrogens with one attached hydrogen (secondary N) is 2. The quantitative estimate of drug-likeness (QED) is 0.233. The van der Waals surface area contributed by atoms with Gasteiger partial charge in [-0.3, -0.25) is 10.00 Å². The average Bonchev–Trinajstić information content (AvgIpc) is 3.66. The Labute approximate surface area is 237 Å². The first-order chi connectivity index (χ1) is 19.7. The van der Waals surface area contributed by atoms with E-state index in [2.05, 4.69) is 36.5 Å². The van der Waals surface area contributed by atoms with E-state index in [0.717, 1.165) is 64.9 Å². The Bertz CT molecular complexity index is 1740. The van der Waals surface area contributed by atoms with Gasteiger partial charge in [-0.05, 0) is 37.5 Å². The Balaban J connectivity index is 1.15. The molecule has 3 N–H and O–H groups in total. The number of alkyl halides is 3. The number of phenolic OH excluding ortho intramolecular Hbond substituents is 1. The smallest absolute Gasteiger partial charge is 0.393 e. The molecule has 5 heterocycles. The summed E-state index contributed by atoms with van der Waals surface area (Å²) in [7, 11) is 0. The van der Waals surface area contributed by atoms with Gasteiger partial charge in [0.15, 0.2) is 0 Å². The average molecular weight is 581 g/mol. The first-order valence-corrected chi connectivity index (χ1v) is 14.0. The Kier molecular flexibility index (Phi) is 7.04. The monoisotopic (exact) mass is 580 g/mol. The molecule has 1 aliphatic heterocycles. The van der Waals surface area contributed by atoms with Crippen LogP contribution in [0.4, 0.5) is 19.0 Å². The Morgan fingerprint density at radius 1 is 1.17 bits per heavy atom. The number of aromatic amines is 1. The van der Waals surface area contributed by atoms with Gasteiger partial charge in [0.1, 0.15) is 34.5 Å². The van der Waals surface area contributed by atoms with Crippen molar-refractivity contribution in [3.63, 3.8) is 0 Å². The van der Waals surface area contributed by atoms with Crippen LogP contribution in [-0.4, -0.2) is 60.0 Å². The summed E-state index contributed by atoms with van der Waals surface area (Å²) in [6, 6.07) is 7.52. The van der Waals surface area contributed by atoms with Crippen molar-refractivity contribution in [1.29, 1.82) is 5.26 Å². The largest absolute Gasteiger partial charge is 0.508 e. The van der Waals surface area contributed by atoms with Gasteiger partial charge in [0.2, 0.25) is 0 Å². The highest BCUT2D eigenvalue weighted by Gasteiger charge is 2.29. The van der Waals surface area contributed by atoms with Gasteiger partial charge < -0.3 is 15.0 Å². The third-order valence-corrected chi connectivity index (χ3v) is 8.70. The van der Waals surface area contributed by atoms with Crippen molar-refractivity contribution in [3.8, 4) is 11.8 Å². The van der Waals surface area contributed by atoms with E-state index in [1.54, 1.807) is 18.5 Å². The van der Waals surface area contributed by atoms with Crippen molar-refractivity contribution in [2.75, 3.05) is 18.4 Å². The maximum absolute atomic E-state index is 12.9. The number of aromatic hydroxyl groups is 1. The molecule has 1 fully saturated rings. The van der Waals surface area contributed by atoms with Gasteiger partial charge >= 0.3 is 6.18 Å². The second-order valence-electron chi connectivity index (χ2n) is 10.4. The normalized spacial score (nSPS) is 15.1. The standard InChI is InChI=1S/C28H27F3N8OS/c1-16-21-6-19(10-32)39(13-17-11-35-36-12-17)24(21)8-25(40)23(16)14-38-4-2-18(3-5-38)37-26-22-7-20(9-28(29,30)31)41-27(22)34-15-33-26/h6-8,11-12,15,18,40H,2-5,9,13-14H2,1H3,(H,35,36)(H,33,34,37). The predicted octanol–water partition coefficient (Wildman–Crippen LogP) is 5.48. The molecule has 9 nitrogen and oxygen atoms in total. The van der Waals surface area contributed by atoms with E-state index in [9.17, 15) is 23.5 Å². The number of anilines is 1. The molecule has 0 atom stereocenters. The van der Waals surface area contributed by atoms with E-state index < -0.39 is 12.6 Å². The number of rotatable bonds is 7. The first kappa shape index (κ1) is 27.0. The molecule has 13 heteroatoms. The highest BCUT2D eigenvalue weighted by atomic mass is 32.1. The summed E-state index contributed by atoms with van der Waals surface area (Å²) in [5, 5.41) is 32.5. The summed E-state index contributed by atoms with van der Waals surface area (Å²) in [5.74, 6) is 0.757. The molecule has 0 unspecified atom stereocenters. The van der Waals surface area contributed by atoms with Crippen molar-refractivity contribution in [2.24, 2.45) is 0 Å². The fourth-order valence-corrected chi connectivity index (χ4v) is 6.58. The third-order valence-electron chi connectivity index (χ3n) is 7.65. The highest BCUT2D eigenvalue weighted by molar-refractivity contribution is 7.18. The lowest BCUT2D eigenvalue weighted by Crippen LogP contribution is -2.39. The van der Waals surface area contributed by atoms with Crippen LogP contribution in [0.5, 0.6) is 5.75 Å². The summed E-state index contributed by atoms with van der Waals surface area (Å²) < 4.78 is 40.5. The molecule has 0 aliphatic carbocycles. The lowest BCUT2D eigenvalue weighted by molar-refractivity contribution is -0.126. The first-order valence-electron chi connectivity index (χ1n) is 13.2. The molecule has 0 radical (unpaired) electrons. The fraction of sp³-hybridized carbons (Fsp3) is 0.357.